The van der Waals surface area contributed by atoms with E-state index in [1.807, 2.05) is 18.4 Å². The largest absolute Gasteiger partial charge is 0.379 e. The highest BCUT2D eigenvalue weighted by molar-refractivity contribution is 7.10. The molecule has 138 valence electrons. The maximum Gasteiger partial charge on any atom is 0.191 e. The lowest BCUT2D eigenvalue weighted by Gasteiger charge is -2.34. The highest BCUT2D eigenvalue weighted by atomic mass is 32.1. The van der Waals surface area contributed by atoms with Crippen LogP contribution in [0.1, 0.15) is 30.2 Å². The van der Waals surface area contributed by atoms with Gasteiger partial charge in [-0.3, -0.25) is 9.89 Å². The van der Waals surface area contributed by atoms with E-state index in [1.54, 1.807) is 0 Å². The zero-order valence-electron chi connectivity index (χ0n) is 14.8. The van der Waals surface area contributed by atoms with Gasteiger partial charge < -0.3 is 20.1 Å². The summed E-state index contributed by atoms with van der Waals surface area (Å²) in [6.45, 7) is 4.45. The van der Waals surface area contributed by atoms with Gasteiger partial charge in [-0.15, -0.1) is 11.3 Å². The Morgan fingerprint density at radius 3 is 2.92 bits per heavy atom. The number of nitrogens with one attached hydrogen (secondary N) is 2. The van der Waals surface area contributed by atoms with E-state index in [0.29, 0.717) is 24.3 Å². The molecule has 2 bridgehead atoms. The molecule has 2 N–H and O–H groups in total. The number of aliphatic imine (C=N–C) groups is 1. The predicted octanol–water partition coefficient (Wildman–Crippen LogP) is 1.61. The van der Waals surface area contributed by atoms with Crippen molar-refractivity contribution < 1.29 is 9.47 Å². The second-order valence-corrected chi connectivity index (χ2v) is 7.97. The maximum atomic E-state index is 5.94. The van der Waals surface area contributed by atoms with Gasteiger partial charge in [0.1, 0.15) is 0 Å². The van der Waals surface area contributed by atoms with Crippen LogP contribution in [0.15, 0.2) is 22.5 Å². The Hall–Kier alpha value is -1.15. The molecule has 25 heavy (non-hydrogen) atoms. The third-order valence-electron chi connectivity index (χ3n) is 5.47. The van der Waals surface area contributed by atoms with Gasteiger partial charge in [0.15, 0.2) is 5.96 Å². The fourth-order valence-electron chi connectivity index (χ4n) is 4.13. The summed E-state index contributed by atoms with van der Waals surface area (Å²) in [6.07, 6.45) is 4.30. The van der Waals surface area contributed by atoms with Gasteiger partial charge in [-0.05, 0) is 30.7 Å². The molecule has 0 amide bonds. The molecule has 1 aromatic heterocycles. The van der Waals surface area contributed by atoms with Gasteiger partial charge in [-0.25, -0.2) is 0 Å². The second-order valence-electron chi connectivity index (χ2n) is 6.99. The number of hydrogen-bond donors (Lipinski definition) is 2. The summed E-state index contributed by atoms with van der Waals surface area (Å²) >= 11 is 1.82. The molecule has 1 aromatic rings. The molecule has 7 heteroatoms. The van der Waals surface area contributed by atoms with Gasteiger partial charge in [0, 0.05) is 31.6 Å². The fourth-order valence-corrected chi connectivity index (χ4v) is 4.99. The standard InChI is InChI=1S/C18H28N4O2S/c1-19-18(21-14-11-13-4-5-16(14)24-13)20-12-15(17-3-2-10-25-17)22-6-8-23-9-7-22/h2-3,10,13-16H,4-9,11-12H2,1H3,(H2,19,20,21). The second kappa shape index (κ2) is 8.03. The first-order valence-electron chi connectivity index (χ1n) is 9.31. The van der Waals surface area contributed by atoms with Crippen LogP contribution < -0.4 is 10.6 Å². The van der Waals surface area contributed by atoms with Crippen LogP contribution in [0.5, 0.6) is 0 Å². The monoisotopic (exact) mass is 364 g/mol. The van der Waals surface area contributed by atoms with Crippen molar-refractivity contribution in [3.63, 3.8) is 0 Å². The number of ether oxygens (including phenoxy) is 2. The molecule has 4 rings (SSSR count). The van der Waals surface area contributed by atoms with E-state index < -0.39 is 0 Å². The number of guanidine groups is 1. The number of fused-ring (bicyclic) bond motifs is 2. The molecule has 0 radical (unpaired) electrons. The molecule has 0 aromatic carbocycles. The van der Waals surface area contributed by atoms with Gasteiger partial charge in [-0.1, -0.05) is 6.07 Å². The zero-order valence-corrected chi connectivity index (χ0v) is 15.6. The summed E-state index contributed by atoms with van der Waals surface area (Å²) in [7, 11) is 1.85. The summed E-state index contributed by atoms with van der Waals surface area (Å²) < 4.78 is 11.5. The van der Waals surface area contributed by atoms with E-state index in [0.717, 1.165) is 45.2 Å². The Morgan fingerprint density at radius 2 is 2.28 bits per heavy atom. The highest BCUT2D eigenvalue weighted by Gasteiger charge is 2.41. The van der Waals surface area contributed by atoms with Gasteiger partial charge in [-0.2, -0.15) is 0 Å². The van der Waals surface area contributed by atoms with Crippen molar-refractivity contribution in [1.29, 1.82) is 0 Å². The number of nitrogens with zero attached hydrogens (tertiary/aromatic N) is 2. The smallest absolute Gasteiger partial charge is 0.191 e. The fraction of sp³-hybridized carbons (Fsp3) is 0.722. The summed E-state index contributed by atoms with van der Waals surface area (Å²) in [5, 5.41) is 9.28. The Labute approximate surface area is 153 Å². The first-order valence-corrected chi connectivity index (χ1v) is 10.2. The Bertz CT molecular complexity index is 574. The molecule has 4 unspecified atom stereocenters. The molecule has 3 fully saturated rings. The third kappa shape index (κ3) is 4.00. The molecule has 3 aliphatic rings. The minimum atomic E-state index is 0.357. The minimum Gasteiger partial charge on any atom is -0.379 e. The van der Waals surface area contributed by atoms with Crippen LogP contribution in [-0.4, -0.2) is 69.0 Å². The Kier molecular flexibility index (Phi) is 5.55. The van der Waals surface area contributed by atoms with Crippen LogP contribution in [0.2, 0.25) is 0 Å². The van der Waals surface area contributed by atoms with E-state index in [2.05, 4.69) is 38.0 Å². The van der Waals surface area contributed by atoms with E-state index in [4.69, 9.17) is 9.47 Å². The lowest BCUT2D eigenvalue weighted by molar-refractivity contribution is 0.0177. The van der Waals surface area contributed by atoms with Crippen molar-refractivity contribution in [3.8, 4) is 0 Å². The van der Waals surface area contributed by atoms with Gasteiger partial charge >= 0.3 is 0 Å². The minimum absolute atomic E-state index is 0.357. The van der Waals surface area contributed by atoms with Crippen LogP contribution in [0.4, 0.5) is 0 Å². The molecular weight excluding hydrogens is 336 g/mol. The van der Waals surface area contributed by atoms with Crippen molar-refractivity contribution in [2.45, 2.75) is 43.6 Å². The summed E-state index contributed by atoms with van der Waals surface area (Å²) in [4.78, 5) is 8.34. The lowest BCUT2D eigenvalue weighted by Crippen LogP contribution is -2.50. The van der Waals surface area contributed by atoms with Crippen molar-refractivity contribution in [2.24, 2.45) is 4.99 Å². The number of thiophene rings is 1. The van der Waals surface area contributed by atoms with Crippen LogP contribution in [-0.2, 0) is 9.47 Å². The maximum absolute atomic E-state index is 5.94. The topological polar surface area (TPSA) is 58.1 Å². The summed E-state index contributed by atoms with van der Waals surface area (Å²) in [6, 6.07) is 5.12. The molecule has 4 atom stereocenters. The SMILES string of the molecule is CN=C(NCC(c1cccs1)N1CCOCC1)NC1CC2CCC1O2. The van der Waals surface area contributed by atoms with Crippen LogP contribution in [0.3, 0.4) is 0 Å². The first kappa shape index (κ1) is 17.3. The van der Waals surface area contributed by atoms with Crippen LogP contribution in [0, 0.1) is 0 Å². The van der Waals surface area contributed by atoms with Crippen molar-refractivity contribution in [1.82, 2.24) is 15.5 Å². The van der Waals surface area contributed by atoms with Gasteiger partial charge in [0.05, 0.1) is 37.5 Å². The normalized spacial score (nSPS) is 31.2. The van der Waals surface area contributed by atoms with E-state index in [-0.39, 0.29) is 0 Å². The van der Waals surface area contributed by atoms with Gasteiger partial charge in [0.25, 0.3) is 0 Å². The summed E-state index contributed by atoms with van der Waals surface area (Å²) in [5.74, 6) is 0.885. The quantitative estimate of drug-likeness (QED) is 0.614. The molecule has 0 aliphatic carbocycles. The molecule has 3 saturated heterocycles. The first-order chi connectivity index (χ1) is 12.3. The molecule has 6 nitrogen and oxygen atoms in total. The Morgan fingerprint density at radius 1 is 1.40 bits per heavy atom. The van der Waals surface area contributed by atoms with E-state index >= 15 is 0 Å². The van der Waals surface area contributed by atoms with Crippen molar-refractivity contribution in [3.05, 3.63) is 22.4 Å². The van der Waals surface area contributed by atoms with Gasteiger partial charge in [0.2, 0.25) is 0 Å². The predicted molar refractivity (Wildman–Crippen MR) is 100 cm³/mol. The number of morpholine rings is 1. The molecule has 4 heterocycles. The van der Waals surface area contributed by atoms with Crippen molar-refractivity contribution >= 4 is 17.3 Å². The average Bonchev–Trinajstić information content (AvgIpc) is 3.40. The molecular formula is C18H28N4O2S. The molecule has 3 aliphatic heterocycles. The molecule has 0 spiro atoms. The van der Waals surface area contributed by atoms with Crippen LogP contribution in [0.25, 0.3) is 0 Å². The van der Waals surface area contributed by atoms with Crippen molar-refractivity contribution in [2.75, 3.05) is 39.9 Å². The summed E-state index contributed by atoms with van der Waals surface area (Å²) in [5.41, 5.74) is 0. The van der Waals surface area contributed by atoms with E-state index in [1.165, 1.54) is 17.7 Å². The Balaban J connectivity index is 1.36. The van der Waals surface area contributed by atoms with E-state index in [9.17, 15) is 0 Å². The highest BCUT2D eigenvalue weighted by Crippen LogP contribution is 2.34. The average molecular weight is 365 g/mol. The molecule has 0 saturated carbocycles. The number of hydrogen-bond acceptors (Lipinski definition) is 5. The lowest BCUT2D eigenvalue weighted by atomic mass is 9.96. The third-order valence-corrected chi connectivity index (χ3v) is 6.45. The number of rotatable bonds is 5. The zero-order chi connectivity index (χ0) is 17.1. The van der Waals surface area contributed by atoms with Crippen LogP contribution >= 0.6 is 11.3 Å².